The molecule has 2 aromatic carbocycles. The maximum atomic E-state index is 14.3. The van der Waals surface area contributed by atoms with E-state index in [4.69, 9.17) is 27.9 Å². The number of halogens is 9. The minimum Gasteiger partial charge on any atom is -0.405 e. The summed E-state index contributed by atoms with van der Waals surface area (Å²) in [5, 5.41) is 39.7. The van der Waals surface area contributed by atoms with Gasteiger partial charge in [0.15, 0.2) is 5.82 Å². The first-order valence-corrected chi connectivity index (χ1v) is 13.5. The van der Waals surface area contributed by atoms with Gasteiger partial charge in [-0.05, 0) is 31.2 Å². The number of rotatable bonds is 6. The predicted octanol–water partition coefficient (Wildman–Crippen LogP) is 5.20. The van der Waals surface area contributed by atoms with Crippen LogP contribution in [0.15, 0.2) is 42.7 Å². The predicted molar refractivity (Wildman–Crippen MR) is 141 cm³/mol. The van der Waals surface area contributed by atoms with Gasteiger partial charge in [0.2, 0.25) is 0 Å². The van der Waals surface area contributed by atoms with Crippen molar-refractivity contribution < 1.29 is 55.5 Å². The third-order valence-corrected chi connectivity index (χ3v) is 7.37. The van der Waals surface area contributed by atoms with Crippen molar-refractivity contribution in [1.82, 2.24) is 24.5 Å². The minimum absolute atomic E-state index is 0.0412. The highest BCUT2D eigenvalue weighted by Crippen LogP contribution is 2.42. The highest BCUT2D eigenvalue weighted by molar-refractivity contribution is 6.31. The van der Waals surface area contributed by atoms with E-state index in [-0.39, 0.29) is 22.2 Å². The normalized spacial score (nSPS) is 22.6. The van der Waals surface area contributed by atoms with E-state index >= 15 is 0 Å². The first kappa shape index (κ1) is 32.9. The molecule has 0 unspecified atom stereocenters. The van der Waals surface area contributed by atoms with Crippen LogP contribution in [0.5, 0.6) is 5.75 Å². The topological polar surface area (TPSA) is 128 Å². The molecule has 3 heterocycles. The van der Waals surface area contributed by atoms with Crippen molar-refractivity contribution in [3.8, 4) is 22.6 Å². The number of nitrogens with zero attached hydrogens (tertiary/aromatic N) is 5. The average molecular weight is 686 g/mol. The van der Waals surface area contributed by atoms with E-state index in [2.05, 4.69) is 19.9 Å². The molecule has 1 aliphatic rings. The number of aliphatic hydroxyl groups is 3. The van der Waals surface area contributed by atoms with Crippen LogP contribution < -0.4 is 4.74 Å². The van der Waals surface area contributed by atoms with Gasteiger partial charge in [0.1, 0.15) is 47.8 Å². The van der Waals surface area contributed by atoms with Crippen LogP contribution in [-0.2, 0) is 10.9 Å². The zero-order valence-electron chi connectivity index (χ0n) is 22.4. The molecular weight excluding hydrogens is 666 g/mol. The summed E-state index contributed by atoms with van der Waals surface area (Å²) in [7, 11) is 0. The summed E-state index contributed by atoms with van der Waals surface area (Å²) in [6, 6.07) is 2.44. The zero-order chi connectivity index (χ0) is 33.0. The molecule has 0 bridgehead atoms. The van der Waals surface area contributed by atoms with Crippen LogP contribution in [0.25, 0.3) is 16.8 Å². The Labute approximate surface area is 258 Å². The van der Waals surface area contributed by atoms with Crippen molar-refractivity contribution in [2.45, 2.75) is 49.9 Å². The van der Waals surface area contributed by atoms with Gasteiger partial charge in [-0.15, -0.1) is 13.2 Å². The SMILES string of the molecule is Cc1nc([C@@H]2O[C@H](CO)[C@H](O)[C@H](n3cc(-c4cc(F)c(Cl)cc4OC(F)(F)F)cn3)[C@H]2O)n(-c2cc(Cl)ccc2C(F)(F)F)n1. The Kier molecular flexibility index (Phi) is 8.80. The molecule has 2 aromatic heterocycles. The molecule has 19 heteroatoms. The zero-order valence-corrected chi connectivity index (χ0v) is 23.9. The summed E-state index contributed by atoms with van der Waals surface area (Å²) < 4.78 is 107. The van der Waals surface area contributed by atoms with Gasteiger partial charge in [0.05, 0.1) is 29.1 Å². The Hall–Kier alpha value is -3.48. The van der Waals surface area contributed by atoms with Crippen LogP contribution in [-0.4, -0.2) is 71.1 Å². The van der Waals surface area contributed by atoms with Crippen molar-refractivity contribution in [2.75, 3.05) is 6.61 Å². The third-order valence-electron chi connectivity index (χ3n) is 6.84. The average Bonchev–Trinajstić information content (AvgIpc) is 3.56. The van der Waals surface area contributed by atoms with Crippen LogP contribution in [0.1, 0.15) is 29.4 Å². The molecule has 0 amide bonds. The molecule has 242 valence electrons. The first-order chi connectivity index (χ1) is 21.0. The second-order valence-corrected chi connectivity index (χ2v) is 10.7. The van der Waals surface area contributed by atoms with Crippen molar-refractivity contribution in [3.05, 3.63) is 75.8 Å². The molecular formula is C26H20Cl2F7N5O5. The van der Waals surface area contributed by atoms with Gasteiger partial charge in [0.25, 0.3) is 0 Å². The molecule has 45 heavy (non-hydrogen) atoms. The summed E-state index contributed by atoms with van der Waals surface area (Å²) in [5.41, 5.74) is -2.32. The number of aliphatic hydroxyl groups excluding tert-OH is 3. The maximum absolute atomic E-state index is 14.3. The van der Waals surface area contributed by atoms with Gasteiger partial charge in [-0.3, -0.25) is 4.68 Å². The number of benzene rings is 2. The minimum atomic E-state index is -5.18. The smallest absolute Gasteiger partial charge is 0.405 e. The number of hydrogen-bond donors (Lipinski definition) is 3. The molecule has 1 aliphatic heterocycles. The van der Waals surface area contributed by atoms with E-state index < -0.39 is 83.0 Å². The molecule has 5 atom stereocenters. The Morgan fingerprint density at radius 1 is 1.04 bits per heavy atom. The lowest BCUT2D eigenvalue weighted by Crippen LogP contribution is -2.53. The van der Waals surface area contributed by atoms with Crippen LogP contribution in [0, 0.1) is 12.7 Å². The van der Waals surface area contributed by atoms with Crippen LogP contribution in [0.2, 0.25) is 10.0 Å². The molecule has 3 N–H and O–H groups in total. The second kappa shape index (κ2) is 12.0. The number of hydrogen-bond acceptors (Lipinski definition) is 8. The lowest BCUT2D eigenvalue weighted by molar-refractivity contribution is -0.274. The third kappa shape index (κ3) is 6.59. The Morgan fingerprint density at radius 2 is 1.76 bits per heavy atom. The summed E-state index contributed by atoms with van der Waals surface area (Å²) in [5.74, 6) is -2.37. The maximum Gasteiger partial charge on any atom is 0.573 e. The van der Waals surface area contributed by atoms with E-state index in [1.54, 1.807) is 0 Å². The lowest BCUT2D eigenvalue weighted by Gasteiger charge is -2.42. The van der Waals surface area contributed by atoms with Gasteiger partial charge >= 0.3 is 12.5 Å². The number of ether oxygens (including phenoxy) is 2. The van der Waals surface area contributed by atoms with Crippen molar-refractivity contribution in [3.63, 3.8) is 0 Å². The Morgan fingerprint density at radius 3 is 2.40 bits per heavy atom. The monoisotopic (exact) mass is 685 g/mol. The van der Waals surface area contributed by atoms with E-state index in [1.807, 2.05) is 0 Å². The van der Waals surface area contributed by atoms with Gasteiger partial charge in [-0.2, -0.15) is 23.4 Å². The fourth-order valence-electron chi connectivity index (χ4n) is 4.94. The highest BCUT2D eigenvalue weighted by Gasteiger charge is 2.49. The van der Waals surface area contributed by atoms with Crippen LogP contribution >= 0.6 is 23.2 Å². The summed E-state index contributed by atoms with van der Waals surface area (Å²) in [6.45, 7) is 0.508. The largest absolute Gasteiger partial charge is 0.573 e. The molecule has 5 rings (SSSR count). The van der Waals surface area contributed by atoms with E-state index in [0.29, 0.717) is 12.1 Å². The fraction of sp³-hybridized carbons (Fsp3) is 0.346. The van der Waals surface area contributed by atoms with E-state index in [1.165, 1.54) is 6.92 Å². The fourth-order valence-corrected chi connectivity index (χ4v) is 5.26. The first-order valence-electron chi connectivity index (χ1n) is 12.7. The van der Waals surface area contributed by atoms with Gasteiger partial charge in [-0.25, -0.2) is 14.1 Å². The van der Waals surface area contributed by atoms with E-state index in [9.17, 15) is 46.1 Å². The summed E-state index contributed by atoms with van der Waals surface area (Å²) >= 11 is 11.6. The van der Waals surface area contributed by atoms with Crippen molar-refractivity contribution in [1.29, 1.82) is 0 Å². The Balaban J connectivity index is 1.58. The molecule has 0 aliphatic carbocycles. The molecule has 0 spiro atoms. The van der Waals surface area contributed by atoms with Crippen LogP contribution in [0.3, 0.4) is 0 Å². The van der Waals surface area contributed by atoms with Crippen molar-refractivity contribution in [2.24, 2.45) is 0 Å². The number of alkyl halides is 6. The highest BCUT2D eigenvalue weighted by atomic mass is 35.5. The van der Waals surface area contributed by atoms with E-state index in [0.717, 1.165) is 40.0 Å². The molecule has 10 nitrogen and oxygen atoms in total. The standard InChI is InChI=1S/C26H20Cl2F7N5O5/c1-10-37-24(40(38-10)17-4-12(27)2-3-14(17)25(30,31)32)23-22(43)20(21(42)19(9-41)44-23)39-8-11(7-36-39)13-5-16(29)15(28)6-18(13)45-26(33,34)35/h2-8,19-23,41-43H,9H2,1H3/t19-,20+,21+,22-,23-/m1/s1. The number of aryl methyl sites for hydroxylation is 1. The lowest BCUT2D eigenvalue weighted by atomic mass is 9.92. The summed E-state index contributed by atoms with van der Waals surface area (Å²) in [6.07, 6.45) is -14.7. The number of aromatic nitrogens is 5. The van der Waals surface area contributed by atoms with Gasteiger partial charge in [-0.1, -0.05) is 23.2 Å². The van der Waals surface area contributed by atoms with Gasteiger partial charge < -0.3 is 24.8 Å². The molecule has 1 fully saturated rings. The summed E-state index contributed by atoms with van der Waals surface area (Å²) in [4.78, 5) is 4.14. The van der Waals surface area contributed by atoms with Crippen LogP contribution in [0.4, 0.5) is 30.7 Å². The molecule has 0 radical (unpaired) electrons. The van der Waals surface area contributed by atoms with Crippen molar-refractivity contribution >= 4 is 23.2 Å². The Bertz CT molecular complexity index is 1710. The quantitative estimate of drug-likeness (QED) is 0.237. The molecule has 1 saturated heterocycles. The second-order valence-electron chi connectivity index (χ2n) is 9.86. The molecule has 4 aromatic rings. The molecule has 0 saturated carbocycles. The van der Waals surface area contributed by atoms with Gasteiger partial charge in [0, 0.05) is 28.4 Å².